The highest BCUT2D eigenvalue weighted by molar-refractivity contribution is 5.06. The first-order chi connectivity index (χ1) is 5.74. The van der Waals surface area contributed by atoms with Gasteiger partial charge in [0.25, 0.3) is 0 Å². The first-order valence-electron chi connectivity index (χ1n) is 4.19. The molecule has 0 saturated heterocycles. The van der Waals surface area contributed by atoms with Gasteiger partial charge in [0.05, 0.1) is 11.4 Å². The van der Waals surface area contributed by atoms with Crippen LogP contribution in [-0.2, 0) is 6.54 Å². The standard InChI is InChI=1S/C9H15N3/c1-7(2)9-6-11-5-8(12-9)4-10-3/h5-7,10H,4H2,1-3H3. The smallest absolute Gasteiger partial charge is 0.0727 e. The topological polar surface area (TPSA) is 37.8 Å². The van der Waals surface area contributed by atoms with E-state index in [4.69, 9.17) is 0 Å². The summed E-state index contributed by atoms with van der Waals surface area (Å²) in [6.45, 7) is 5.02. The van der Waals surface area contributed by atoms with Crippen LogP contribution in [0.1, 0.15) is 31.2 Å². The van der Waals surface area contributed by atoms with E-state index >= 15 is 0 Å². The maximum atomic E-state index is 4.44. The van der Waals surface area contributed by atoms with Crippen molar-refractivity contribution in [2.45, 2.75) is 26.3 Å². The van der Waals surface area contributed by atoms with Crippen LogP contribution < -0.4 is 5.32 Å². The molecule has 0 aromatic carbocycles. The molecular weight excluding hydrogens is 150 g/mol. The average molecular weight is 165 g/mol. The summed E-state index contributed by atoms with van der Waals surface area (Å²) in [5, 5.41) is 3.05. The molecule has 0 amide bonds. The highest BCUT2D eigenvalue weighted by Gasteiger charge is 2.01. The Bertz CT molecular complexity index is 245. The van der Waals surface area contributed by atoms with Crippen molar-refractivity contribution >= 4 is 0 Å². The predicted octanol–water partition coefficient (Wildman–Crippen LogP) is 1.32. The monoisotopic (exact) mass is 165 g/mol. The molecule has 0 spiro atoms. The average Bonchev–Trinajstić information content (AvgIpc) is 2.05. The molecule has 0 atom stereocenters. The van der Waals surface area contributed by atoms with Crippen molar-refractivity contribution in [3.05, 3.63) is 23.8 Å². The third kappa shape index (κ3) is 2.27. The van der Waals surface area contributed by atoms with Crippen LogP contribution >= 0.6 is 0 Å². The molecule has 1 heterocycles. The Hall–Kier alpha value is -0.960. The van der Waals surface area contributed by atoms with E-state index in [2.05, 4.69) is 29.1 Å². The first kappa shape index (κ1) is 9.13. The second-order valence-corrected chi connectivity index (χ2v) is 3.12. The van der Waals surface area contributed by atoms with Crippen molar-refractivity contribution in [1.82, 2.24) is 15.3 Å². The summed E-state index contributed by atoms with van der Waals surface area (Å²) in [6.07, 6.45) is 3.62. The summed E-state index contributed by atoms with van der Waals surface area (Å²) in [4.78, 5) is 8.56. The predicted molar refractivity (Wildman–Crippen MR) is 48.9 cm³/mol. The summed E-state index contributed by atoms with van der Waals surface area (Å²) in [5.74, 6) is 0.453. The minimum absolute atomic E-state index is 0.453. The van der Waals surface area contributed by atoms with E-state index in [0.717, 1.165) is 17.9 Å². The van der Waals surface area contributed by atoms with Crippen molar-refractivity contribution in [2.75, 3.05) is 7.05 Å². The molecule has 0 unspecified atom stereocenters. The van der Waals surface area contributed by atoms with E-state index in [1.54, 1.807) is 6.20 Å². The Kier molecular flexibility index (Phi) is 3.17. The Morgan fingerprint density at radius 1 is 1.42 bits per heavy atom. The van der Waals surface area contributed by atoms with Crippen LogP contribution in [-0.4, -0.2) is 17.0 Å². The number of nitrogens with one attached hydrogen (secondary N) is 1. The third-order valence-electron chi connectivity index (χ3n) is 1.65. The van der Waals surface area contributed by atoms with E-state index in [0.29, 0.717) is 5.92 Å². The van der Waals surface area contributed by atoms with Crippen LogP contribution in [0.5, 0.6) is 0 Å². The SMILES string of the molecule is CNCc1cncc(C(C)C)n1. The molecule has 0 saturated carbocycles. The zero-order chi connectivity index (χ0) is 8.97. The number of hydrogen-bond acceptors (Lipinski definition) is 3. The van der Waals surface area contributed by atoms with E-state index in [1.165, 1.54) is 0 Å². The van der Waals surface area contributed by atoms with Gasteiger partial charge in [-0.15, -0.1) is 0 Å². The maximum absolute atomic E-state index is 4.44. The summed E-state index contributed by atoms with van der Waals surface area (Å²) in [5.41, 5.74) is 2.06. The van der Waals surface area contributed by atoms with E-state index in [1.807, 2.05) is 13.2 Å². The summed E-state index contributed by atoms with van der Waals surface area (Å²) in [6, 6.07) is 0. The molecule has 1 aromatic heterocycles. The lowest BCUT2D eigenvalue weighted by atomic mass is 10.1. The highest BCUT2D eigenvalue weighted by Crippen LogP contribution is 2.09. The molecule has 12 heavy (non-hydrogen) atoms. The van der Waals surface area contributed by atoms with Gasteiger partial charge in [0.1, 0.15) is 0 Å². The summed E-state index contributed by atoms with van der Waals surface area (Å²) >= 11 is 0. The Balaban J connectivity index is 2.81. The maximum Gasteiger partial charge on any atom is 0.0727 e. The first-order valence-corrected chi connectivity index (χ1v) is 4.19. The lowest BCUT2D eigenvalue weighted by Gasteiger charge is -2.05. The fourth-order valence-corrected chi connectivity index (χ4v) is 0.968. The van der Waals surface area contributed by atoms with Gasteiger partial charge in [0.15, 0.2) is 0 Å². The lowest BCUT2D eigenvalue weighted by Crippen LogP contribution is -2.08. The van der Waals surface area contributed by atoms with Crippen LogP contribution in [0.3, 0.4) is 0 Å². The van der Waals surface area contributed by atoms with Crippen molar-refractivity contribution in [3.63, 3.8) is 0 Å². The molecule has 0 fully saturated rings. The van der Waals surface area contributed by atoms with Gasteiger partial charge < -0.3 is 5.32 Å². The normalized spacial score (nSPS) is 10.7. The third-order valence-corrected chi connectivity index (χ3v) is 1.65. The zero-order valence-electron chi connectivity index (χ0n) is 7.83. The molecule has 66 valence electrons. The molecule has 3 nitrogen and oxygen atoms in total. The summed E-state index contributed by atoms with van der Waals surface area (Å²) in [7, 11) is 1.91. The minimum Gasteiger partial charge on any atom is -0.314 e. The zero-order valence-corrected chi connectivity index (χ0v) is 7.83. The molecule has 1 aromatic rings. The van der Waals surface area contributed by atoms with Gasteiger partial charge in [-0.25, -0.2) is 0 Å². The van der Waals surface area contributed by atoms with Crippen LogP contribution in [0.25, 0.3) is 0 Å². The second-order valence-electron chi connectivity index (χ2n) is 3.12. The van der Waals surface area contributed by atoms with Gasteiger partial charge in [-0.05, 0) is 13.0 Å². The summed E-state index contributed by atoms with van der Waals surface area (Å²) < 4.78 is 0. The fraction of sp³-hybridized carbons (Fsp3) is 0.556. The van der Waals surface area contributed by atoms with Crippen molar-refractivity contribution in [2.24, 2.45) is 0 Å². The van der Waals surface area contributed by atoms with Crippen molar-refractivity contribution < 1.29 is 0 Å². The van der Waals surface area contributed by atoms with Gasteiger partial charge in [0, 0.05) is 18.9 Å². The molecule has 1 N–H and O–H groups in total. The van der Waals surface area contributed by atoms with Gasteiger partial charge >= 0.3 is 0 Å². The van der Waals surface area contributed by atoms with Crippen LogP contribution in [0, 0.1) is 0 Å². The molecule has 1 rings (SSSR count). The molecule has 0 aliphatic heterocycles. The number of hydrogen-bond donors (Lipinski definition) is 1. The van der Waals surface area contributed by atoms with Gasteiger partial charge in [0.2, 0.25) is 0 Å². The minimum atomic E-state index is 0.453. The van der Waals surface area contributed by atoms with Crippen LogP contribution in [0.2, 0.25) is 0 Å². The van der Waals surface area contributed by atoms with E-state index in [-0.39, 0.29) is 0 Å². The van der Waals surface area contributed by atoms with Crippen LogP contribution in [0.4, 0.5) is 0 Å². The molecule has 0 aliphatic carbocycles. The molecule has 0 radical (unpaired) electrons. The molecular formula is C9H15N3. The van der Waals surface area contributed by atoms with Crippen molar-refractivity contribution in [3.8, 4) is 0 Å². The Morgan fingerprint density at radius 2 is 2.17 bits per heavy atom. The number of rotatable bonds is 3. The highest BCUT2D eigenvalue weighted by atomic mass is 14.9. The van der Waals surface area contributed by atoms with Crippen LogP contribution in [0.15, 0.2) is 12.4 Å². The van der Waals surface area contributed by atoms with Gasteiger partial charge in [-0.3, -0.25) is 9.97 Å². The molecule has 0 aliphatic rings. The van der Waals surface area contributed by atoms with E-state index in [9.17, 15) is 0 Å². The Morgan fingerprint density at radius 3 is 2.75 bits per heavy atom. The van der Waals surface area contributed by atoms with Gasteiger partial charge in [-0.1, -0.05) is 13.8 Å². The van der Waals surface area contributed by atoms with Gasteiger partial charge in [-0.2, -0.15) is 0 Å². The van der Waals surface area contributed by atoms with E-state index < -0.39 is 0 Å². The molecule has 0 bridgehead atoms. The largest absolute Gasteiger partial charge is 0.314 e. The van der Waals surface area contributed by atoms with Crippen molar-refractivity contribution in [1.29, 1.82) is 0 Å². The lowest BCUT2D eigenvalue weighted by molar-refractivity contribution is 0.744. The number of aromatic nitrogens is 2. The quantitative estimate of drug-likeness (QED) is 0.734. The number of nitrogens with zero attached hydrogens (tertiary/aromatic N) is 2. The molecule has 3 heteroatoms. The Labute approximate surface area is 73.2 Å². The second kappa shape index (κ2) is 4.16. The fourth-order valence-electron chi connectivity index (χ4n) is 0.968.